The lowest BCUT2D eigenvalue weighted by Gasteiger charge is -2.36. The molecular formula is C25H29N3O5S. The van der Waals surface area contributed by atoms with Crippen molar-refractivity contribution >= 4 is 35.1 Å². The molecule has 0 aliphatic carbocycles. The molecule has 0 bridgehead atoms. The normalized spacial score (nSPS) is 15.4. The maximum absolute atomic E-state index is 12.7. The number of amides is 2. The highest BCUT2D eigenvalue weighted by molar-refractivity contribution is 7.80. The van der Waals surface area contributed by atoms with Gasteiger partial charge in [0, 0.05) is 25.1 Å². The number of piperazine rings is 1. The molecule has 1 aliphatic heterocycles. The lowest BCUT2D eigenvalue weighted by Crippen LogP contribution is -2.60. The molecule has 1 heterocycles. The summed E-state index contributed by atoms with van der Waals surface area (Å²) in [6.45, 7) is 4.78. The van der Waals surface area contributed by atoms with E-state index in [0.717, 1.165) is 5.56 Å². The fourth-order valence-corrected chi connectivity index (χ4v) is 3.81. The van der Waals surface area contributed by atoms with Crippen LogP contribution in [0.15, 0.2) is 54.6 Å². The molecule has 2 N–H and O–H groups in total. The second kappa shape index (κ2) is 12.1. The molecule has 0 radical (unpaired) electrons. The quantitative estimate of drug-likeness (QED) is 0.440. The van der Waals surface area contributed by atoms with Crippen LogP contribution in [0, 0.1) is 0 Å². The van der Waals surface area contributed by atoms with Crippen molar-refractivity contribution in [2.24, 2.45) is 0 Å². The Balaban J connectivity index is 1.55. The summed E-state index contributed by atoms with van der Waals surface area (Å²) >= 11 is 5.40. The van der Waals surface area contributed by atoms with Crippen LogP contribution < -0.4 is 15.4 Å². The fourth-order valence-electron chi connectivity index (χ4n) is 3.50. The SMILES string of the molecule is CC(C)Oc1ccc(C(=O)NC(=S)N2CCNC(=O)C2CC(=O)OCCc2ccccc2)cc1. The first kappa shape index (κ1) is 25.2. The number of hydrogen-bond donors (Lipinski definition) is 2. The molecule has 180 valence electrons. The Hall–Kier alpha value is -3.46. The van der Waals surface area contributed by atoms with Crippen LogP contribution in [0.3, 0.4) is 0 Å². The minimum Gasteiger partial charge on any atom is -0.491 e. The van der Waals surface area contributed by atoms with Gasteiger partial charge in [0.25, 0.3) is 5.91 Å². The van der Waals surface area contributed by atoms with Gasteiger partial charge in [-0.2, -0.15) is 0 Å². The van der Waals surface area contributed by atoms with E-state index in [1.54, 1.807) is 29.2 Å². The van der Waals surface area contributed by atoms with E-state index in [1.165, 1.54) is 0 Å². The van der Waals surface area contributed by atoms with Crippen molar-refractivity contribution in [1.29, 1.82) is 0 Å². The van der Waals surface area contributed by atoms with Gasteiger partial charge in [-0.05, 0) is 55.9 Å². The highest BCUT2D eigenvalue weighted by Crippen LogP contribution is 2.15. The highest BCUT2D eigenvalue weighted by Gasteiger charge is 2.34. The fraction of sp³-hybridized carbons (Fsp3) is 0.360. The van der Waals surface area contributed by atoms with Crippen LogP contribution in [0.2, 0.25) is 0 Å². The van der Waals surface area contributed by atoms with E-state index in [2.05, 4.69) is 10.6 Å². The van der Waals surface area contributed by atoms with Gasteiger partial charge < -0.3 is 19.7 Å². The number of carbonyl (C=O) groups excluding carboxylic acids is 3. The van der Waals surface area contributed by atoms with E-state index in [4.69, 9.17) is 21.7 Å². The van der Waals surface area contributed by atoms with E-state index < -0.39 is 17.9 Å². The summed E-state index contributed by atoms with van der Waals surface area (Å²) in [5.41, 5.74) is 1.46. The van der Waals surface area contributed by atoms with Crippen LogP contribution in [-0.4, -0.2) is 59.6 Å². The second-order valence-corrected chi connectivity index (χ2v) is 8.50. The minimum absolute atomic E-state index is 0.0273. The van der Waals surface area contributed by atoms with Crippen molar-refractivity contribution in [2.75, 3.05) is 19.7 Å². The molecule has 1 unspecified atom stereocenters. The van der Waals surface area contributed by atoms with Crippen molar-refractivity contribution in [3.05, 3.63) is 65.7 Å². The summed E-state index contributed by atoms with van der Waals surface area (Å²) in [5, 5.41) is 5.48. The van der Waals surface area contributed by atoms with Gasteiger partial charge >= 0.3 is 5.97 Å². The number of ether oxygens (including phenoxy) is 2. The van der Waals surface area contributed by atoms with Gasteiger partial charge in [0.05, 0.1) is 19.1 Å². The van der Waals surface area contributed by atoms with Crippen LogP contribution in [0.25, 0.3) is 0 Å². The van der Waals surface area contributed by atoms with Crippen LogP contribution >= 0.6 is 12.2 Å². The molecule has 3 rings (SSSR count). The lowest BCUT2D eigenvalue weighted by molar-refractivity contribution is -0.147. The average molecular weight is 484 g/mol. The second-order valence-electron chi connectivity index (χ2n) is 8.11. The zero-order valence-electron chi connectivity index (χ0n) is 19.3. The molecule has 1 fully saturated rings. The molecule has 2 aromatic rings. The molecule has 1 atom stereocenters. The smallest absolute Gasteiger partial charge is 0.308 e. The number of esters is 1. The summed E-state index contributed by atoms with van der Waals surface area (Å²) in [7, 11) is 0. The number of carbonyl (C=O) groups is 3. The van der Waals surface area contributed by atoms with E-state index >= 15 is 0 Å². The first-order chi connectivity index (χ1) is 16.3. The molecule has 0 aromatic heterocycles. The first-order valence-electron chi connectivity index (χ1n) is 11.2. The standard InChI is InChI=1S/C25H29N3O5S/c1-17(2)33-20-10-8-19(9-11-20)23(30)27-25(34)28-14-13-26-24(31)21(28)16-22(29)32-15-12-18-6-4-3-5-7-18/h3-11,17,21H,12-16H2,1-2H3,(H,26,31)(H,27,30,34). The third-order valence-corrected chi connectivity index (χ3v) is 5.49. The van der Waals surface area contributed by atoms with Crippen LogP contribution in [-0.2, 0) is 20.7 Å². The molecule has 1 saturated heterocycles. The molecule has 1 aliphatic rings. The van der Waals surface area contributed by atoms with Crippen molar-refractivity contribution in [2.45, 2.75) is 38.8 Å². The summed E-state index contributed by atoms with van der Waals surface area (Å²) in [6, 6.07) is 15.5. The molecule has 2 amide bonds. The van der Waals surface area contributed by atoms with E-state index in [-0.39, 0.29) is 30.2 Å². The van der Waals surface area contributed by atoms with E-state index in [9.17, 15) is 14.4 Å². The Kier molecular flexibility index (Phi) is 8.98. The first-order valence-corrected chi connectivity index (χ1v) is 11.6. The van der Waals surface area contributed by atoms with Gasteiger partial charge in [-0.15, -0.1) is 0 Å². The Morgan fingerprint density at radius 1 is 1.15 bits per heavy atom. The molecule has 9 heteroatoms. The monoisotopic (exact) mass is 483 g/mol. The summed E-state index contributed by atoms with van der Waals surface area (Å²) < 4.78 is 10.9. The number of hydrogen-bond acceptors (Lipinski definition) is 6. The van der Waals surface area contributed by atoms with Crippen LogP contribution in [0.4, 0.5) is 0 Å². The van der Waals surface area contributed by atoms with Crippen molar-refractivity contribution < 1.29 is 23.9 Å². The summed E-state index contributed by atoms with van der Waals surface area (Å²) in [6.07, 6.45) is 0.444. The number of nitrogens with zero attached hydrogens (tertiary/aromatic N) is 1. The maximum Gasteiger partial charge on any atom is 0.308 e. The number of benzene rings is 2. The van der Waals surface area contributed by atoms with Crippen molar-refractivity contribution in [3.8, 4) is 5.75 Å². The van der Waals surface area contributed by atoms with E-state index in [1.807, 2.05) is 44.2 Å². The molecule has 0 spiro atoms. The highest BCUT2D eigenvalue weighted by atomic mass is 32.1. The minimum atomic E-state index is -0.854. The molecule has 34 heavy (non-hydrogen) atoms. The Morgan fingerprint density at radius 3 is 2.53 bits per heavy atom. The van der Waals surface area contributed by atoms with Gasteiger partial charge in [0.2, 0.25) is 5.91 Å². The van der Waals surface area contributed by atoms with Gasteiger partial charge in [0.1, 0.15) is 11.8 Å². The topological polar surface area (TPSA) is 97.0 Å². The van der Waals surface area contributed by atoms with Crippen LogP contribution in [0.1, 0.15) is 36.2 Å². The number of nitrogens with one attached hydrogen (secondary N) is 2. The van der Waals surface area contributed by atoms with Crippen LogP contribution in [0.5, 0.6) is 5.75 Å². The predicted molar refractivity (Wildman–Crippen MR) is 131 cm³/mol. The molecule has 2 aromatic carbocycles. The maximum atomic E-state index is 12.7. The third kappa shape index (κ3) is 7.28. The lowest BCUT2D eigenvalue weighted by atomic mass is 10.1. The van der Waals surface area contributed by atoms with Crippen molar-refractivity contribution in [3.63, 3.8) is 0 Å². The number of thiocarbonyl (C=S) groups is 1. The number of rotatable bonds is 8. The van der Waals surface area contributed by atoms with Gasteiger partial charge in [0.15, 0.2) is 5.11 Å². The summed E-state index contributed by atoms with van der Waals surface area (Å²) in [4.78, 5) is 39.1. The van der Waals surface area contributed by atoms with Gasteiger partial charge in [-0.3, -0.25) is 19.7 Å². The average Bonchev–Trinajstić information content (AvgIpc) is 2.81. The Morgan fingerprint density at radius 2 is 1.85 bits per heavy atom. The van der Waals surface area contributed by atoms with Gasteiger partial charge in [-0.1, -0.05) is 30.3 Å². The Bertz CT molecular complexity index is 1010. The van der Waals surface area contributed by atoms with Gasteiger partial charge in [-0.25, -0.2) is 0 Å². The van der Waals surface area contributed by atoms with Crippen molar-refractivity contribution in [1.82, 2.24) is 15.5 Å². The third-order valence-electron chi connectivity index (χ3n) is 5.16. The summed E-state index contributed by atoms with van der Waals surface area (Å²) in [5.74, 6) is -0.583. The molecular weight excluding hydrogens is 454 g/mol. The Labute approximate surface area is 204 Å². The zero-order chi connectivity index (χ0) is 24.5. The largest absolute Gasteiger partial charge is 0.491 e. The zero-order valence-corrected chi connectivity index (χ0v) is 20.1. The molecule has 0 saturated carbocycles. The molecule has 8 nitrogen and oxygen atoms in total. The van der Waals surface area contributed by atoms with E-state index in [0.29, 0.717) is 30.8 Å². The predicted octanol–water partition coefficient (Wildman–Crippen LogP) is 2.46.